The van der Waals surface area contributed by atoms with Crippen molar-refractivity contribution in [3.63, 3.8) is 0 Å². The molecule has 0 unspecified atom stereocenters. The second-order valence-electron chi connectivity index (χ2n) is 4.16. The first-order valence-corrected chi connectivity index (χ1v) is 6.68. The third kappa shape index (κ3) is 1.73. The molecule has 0 aromatic heterocycles. The van der Waals surface area contributed by atoms with E-state index in [0.29, 0.717) is 0 Å². The standard InChI is InChI=1S/C13H16O2S/c1-15-12(14)13(8-3-9-13)10-4-6-11(16-2)7-5-10/h4-7H,3,8-9H2,1-2H3. The summed E-state index contributed by atoms with van der Waals surface area (Å²) in [6, 6.07) is 8.26. The molecular formula is C13H16O2S. The third-order valence-electron chi connectivity index (χ3n) is 3.43. The summed E-state index contributed by atoms with van der Waals surface area (Å²) in [7, 11) is 1.47. The minimum atomic E-state index is -0.355. The lowest BCUT2D eigenvalue weighted by molar-refractivity contribution is -0.151. The number of carbonyl (C=O) groups is 1. The number of hydrogen-bond donors (Lipinski definition) is 0. The zero-order valence-corrected chi connectivity index (χ0v) is 10.5. The van der Waals surface area contributed by atoms with Crippen LogP contribution in [0.4, 0.5) is 0 Å². The van der Waals surface area contributed by atoms with E-state index in [4.69, 9.17) is 4.74 Å². The van der Waals surface area contributed by atoms with Crippen LogP contribution in [0.15, 0.2) is 29.2 Å². The summed E-state index contributed by atoms with van der Waals surface area (Å²) >= 11 is 1.71. The van der Waals surface area contributed by atoms with Gasteiger partial charge in [-0.1, -0.05) is 18.6 Å². The van der Waals surface area contributed by atoms with E-state index >= 15 is 0 Å². The molecule has 1 fully saturated rings. The molecule has 0 radical (unpaired) electrons. The van der Waals surface area contributed by atoms with E-state index in [1.807, 2.05) is 0 Å². The number of esters is 1. The van der Waals surface area contributed by atoms with Crippen molar-refractivity contribution in [3.8, 4) is 0 Å². The first-order valence-electron chi connectivity index (χ1n) is 5.46. The molecule has 3 heteroatoms. The Kier molecular flexibility index (Phi) is 3.24. The number of ether oxygens (including phenoxy) is 1. The Morgan fingerprint density at radius 3 is 2.31 bits per heavy atom. The summed E-state index contributed by atoms with van der Waals surface area (Å²) in [6.07, 6.45) is 4.99. The lowest BCUT2D eigenvalue weighted by Gasteiger charge is -2.39. The Morgan fingerprint density at radius 1 is 1.31 bits per heavy atom. The second-order valence-corrected chi connectivity index (χ2v) is 5.04. The second kappa shape index (κ2) is 4.50. The Bertz CT molecular complexity index is 379. The number of carbonyl (C=O) groups excluding carboxylic acids is 1. The number of rotatable bonds is 3. The van der Waals surface area contributed by atoms with Gasteiger partial charge in [-0.25, -0.2) is 0 Å². The molecule has 2 rings (SSSR count). The molecule has 16 heavy (non-hydrogen) atoms. The van der Waals surface area contributed by atoms with Crippen LogP contribution in [0.5, 0.6) is 0 Å². The summed E-state index contributed by atoms with van der Waals surface area (Å²) < 4.78 is 4.92. The summed E-state index contributed by atoms with van der Waals surface area (Å²) in [5.41, 5.74) is 0.745. The van der Waals surface area contributed by atoms with Gasteiger partial charge in [-0.3, -0.25) is 4.79 Å². The molecule has 0 aliphatic heterocycles. The van der Waals surface area contributed by atoms with Crippen molar-refractivity contribution in [2.24, 2.45) is 0 Å². The molecule has 0 atom stereocenters. The predicted molar refractivity (Wildman–Crippen MR) is 65.8 cm³/mol. The molecule has 1 aliphatic rings. The highest BCUT2D eigenvalue weighted by Gasteiger charge is 2.46. The number of hydrogen-bond acceptors (Lipinski definition) is 3. The molecule has 1 aromatic rings. The zero-order chi connectivity index (χ0) is 11.6. The average molecular weight is 236 g/mol. The van der Waals surface area contributed by atoms with Crippen LogP contribution in [0, 0.1) is 0 Å². The maximum Gasteiger partial charge on any atom is 0.316 e. The maximum atomic E-state index is 11.8. The van der Waals surface area contributed by atoms with E-state index in [2.05, 4.69) is 30.5 Å². The van der Waals surface area contributed by atoms with Crippen molar-refractivity contribution < 1.29 is 9.53 Å². The van der Waals surface area contributed by atoms with Gasteiger partial charge in [0.2, 0.25) is 0 Å². The third-order valence-corrected chi connectivity index (χ3v) is 4.17. The van der Waals surface area contributed by atoms with Crippen LogP contribution in [0.1, 0.15) is 24.8 Å². The van der Waals surface area contributed by atoms with Crippen molar-refractivity contribution >= 4 is 17.7 Å². The van der Waals surface area contributed by atoms with Gasteiger partial charge in [-0.15, -0.1) is 11.8 Å². The monoisotopic (exact) mass is 236 g/mol. The normalized spacial score (nSPS) is 17.6. The largest absolute Gasteiger partial charge is 0.468 e. The molecule has 0 amide bonds. The van der Waals surface area contributed by atoms with Crippen molar-refractivity contribution in [2.75, 3.05) is 13.4 Å². The van der Waals surface area contributed by atoms with Crippen LogP contribution < -0.4 is 0 Å². The zero-order valence-electron chi connectivity index (χ0n) is 9.66. The van der Waals surface area contributed by atoms with E-state index in [9.17, 15) is 4.79 Å². The van der Waals surface area contributed by atoms with Crippen molar-refractivity contribution in [3.05, 3.63) is 29.8 Å². The van der Waals surface area contributed by atoms with Gasteiger partial charge in [0, 0.05) is 4.90 Å². The fraction of sp³-hybridized carbons (Fsp3) is 0.462. The molecular weight excluding hydrogens is 220 g/mol. The van der Waals surface area contributed by atoms with Gasteiger partial charge in [0.05, 0.1) is 12.5 Å². The molecule has 1 aliphatic carbocycles. The lowest BCUT2D eigenvalue weighted by atomic mass is 9.64. The van der Waals surface area contributed by atoms with Crippen molar-refractivity contribution in [1.82, 2.24) is 0 Å². The molecule has 1 saturated carbocycles. The van der Waals surface area contributed by atoms with Crippen molar-refractivity contribution in [1.29, 1.82) is 0 Å². The van der Waals surface area contributed by atoms with E-state index in [0.717, 1.165) is 24.8 Å². The van der Waals surface area contributed by atoms with E-state index in [1.54, 1.807) is 11.8 Å². The lowest BCUT2D eigenvalue weighted by Crippen LogP contribution is -2.43. The van der Waals surface area contributed by atoms with Gasteiger partial charge in [-0.05, 0) is 36.8 Å². The van der Waals surface area contributed by atoms with Crippen LogP contribution in [-0.2, 0) is 14.9 Å². The fourth-order valence-corrected chi connectivity index (χ4v) is 2.65. The highest BCUT2D eigenvalue weighted by molar-refractivity contribution is 7.98. The molecule has 1 aromatic carbocycles. The van der Waals surface area contributed by atoms with Gasteiger partial charge in [-0.2, -0.15) is 0 Å². The smallest absolute Gasteiger partial charge is 0.316 e. The molecule has 0 N–H and O–H groups in total. The van der Waals surface area contributed by atoms with Crippen LogP contribution >= 0.6 is 11.8 Å². The van der Waals surface area contributed by atoms with Crippen LogP contribution in [0.25, 0.3) is 0 Å². The Hall–Kier alpha value is -0.960. The fourth-order valence-electron chi connectivity index (χ4n) is 2.25. The molecule has 2 nitrogen and oxygen atoms in total. The van der Waals surface area contributed by atoms with Gasteiger partial charge < -0.3 is 4.74 Å². The van der Waals surface area contributed by atoms with E-state index < -0.39 is 0 Å². The first-order chi connectivity index (χ1) is 7.73. The van der Waals surface area contributed by atoms with Gasteiger partial charge >= 0.3 is 5.97 Å². The maximum absolute atomic E-state index is 11.8. The quantitative estimate of drug-likeness (QED) is 0.596. The number of methoxy groups -OCH3 is 1. The minimum Gasteiger partial charge on any atom is -0.468 e. The molecule has 0 bridgehead atoms. The first kappa shape index (κ1) is 11.5. The molecule has 0 saturated heterocycles. The van der Waals surface area contributed by atoms with Gasteiger partial charge in [0.25, 0.3) is 0 Å². The number of thioether (sulfide) groups is 1. The highest BCUT2D eigenvalue weighted by Crippen LogP contribution is 2.44. The SMILES string of the molecule is COC(=O)C1(c2ccc(SC)cc2)CCC1. The minimum absolute atomic E-state index is 0.0874. The molecule has 86 valence electrons. The van der Waals surface area contributed by atoms with Gasteiger partial charge in [0.1, 0.15) is 0 Å². The predicted octanol–water partition coefficient (Wildman–Crippen LogP) is 3.00. The van der Waals surface area contributed by atoms with Crippen LogP contribution in [0.3, 0.4) is 0 Å². The average Bonchev–Trinajstić information content (AvgIpc) is 2.28. The summed E-state index contributed by atoms with van der Waals surface area (Å²) in [6.45, 7) is 0. The van der Waals surface area contributed by atoms with Crippen LogP contribution in [-0.4, -0.2) is 19.3 Å². The summed E-state index contributed by atoms with van der Waals surface area (Å²) in [5, 5.41) is 0. The molecule has 0 heterocycles. The topological polar surface area (TPSA) is 26.3 Å². The summed E-state index contributed by atoms with van der Waals surface area (Å²) in [4.78, 5) is 13.1. The molecule has 0 spiro atoms. The highest BCUT2D eigenvalue weighted by atomic mass is 32.2. The van der Waals surface area contributed by atoms with Gasteiger partial charge in [0.15, 0.2) is 0 Å². The summed E-state index contributed by atoms with van der Waals surface area (Å²) in [5.74, 6) is -0.0874. The Balaban J connectivity index is 2.30. The Morgan fingerprint density at radius 2 is 1.94 bits per heavy atom. The van der Waals surface area contributed by atoms with E-state index in [1.165, 1.54) is 12.0 Å². The number of benzene rings is 1. The van der Waals surface area contributed by atoms with E-state index in [-0.39, 0.29) is 11.4 Å². The van der Waals surface area contributed by atoms with Crippen LogP contribution in [0.2, 0.25) is 0 Å². The Labute approximate surface area is 100 Å². The van der Waals surface area contributed by atoms with Crippen molar-refractivity contribution in [2.45, 2.75) is 29.6 Å².